The van der Waals surface area contributed by atoms with Crippen molar-refractivity contribution < 1.29 is 4.39 Å². The summed E-state index contributed by atoms with van der Waals surface area (Å²) in [5, 5.41) is 3.31. The van der Waals surface area contributed by atoms with Gasteiger partial charge in [-0.1, -0.05) is 24.4 Å². The lowest BCUT2D eigenvalue weighted by atomic mass is 10.1. The maximum absolute atomic E-state index is 12.8. The maximum Gasteiger partial charge on any atom is 0.123 e. The molecule has 0 saturated carbocycles. The summed E-state index contributed by atoms with van der Waals surface area (Å²) in [5.41, 5.74) is 9.57. The normalized spacial score (nSPS) is 10.2. The Kier molecular flexibility index (Phi) is 4.12. The van der Waals surface area contributed by atoms with Crippen LogP contribution in [0.2, 0.25) is 0 Å². The van der Waals surface area contributed by atoms with Crippen molar-refractivity contribution in [3.05, 3.63) is 65.0 Å². The monoisotopic (exact) mass is 274 g/mol. The summed E-state index contributed by atoms with van der Waals surface area (Å²) in [4.78, 5) is 0.396. The number of thiocarbonyl (C=S) groups is 1. The summed E-state index contributed by atoms with van der Waals surface area (Å²) in [5.74, 6) is -0.222. The maximum atomic E-state index is 12.8. The van der Waals surface area contributed by atoms with Crippen LogP contribution in [0.1, 0.15) is 16.7 Å². The van der Waals surface area contributed by atoms with Crippen LogP contribution in [0.4, 0.5) is 10.1 Å². The lowest BCUT2D eigenvalue weighted by Gasteiger charge is -2.11. The van der Waals surface area contributed by atoms with E-state index in [0.717, 1.165) is 22.4 Å². The van der Waals surface area contributed by atoms with E-state index in [1.165, 1.54) is 12.1 Å². The Morgan fingerprint density at radius 3 is 2.47 bits per heavy atom. The van der Waals surface area contributed by atoms with Gasteiger partial charge in [0.25, 0.3) is 0 Å². The number of hydrogen-bond donors (Lipinski definition) is 2. The van der Waals surface area contributed by atoms with Gasteiger partial charge in [0.2, 0.25) is 0 Å². The minimum absolute atomic E-state index is 0.222. The third-order valence-electron chi connectivity index (χ3n) is 2.91. The molecule has 0 spiro atoms. The molecule has 0 fully saturated rings. The molecule has 0 aliphatic heterocycles. The SMILES string of the molecule is Cc1cc(C(N)=S)ccc1NCc1ccc(F)cc1. The van der Waals surface area contributed by atoms with Crippen LogP contribution >= 0.6 is 12.2 Å². The van der Waals surface area contributed by atoms with E-state index in [1.807, 2.05) is 25.1 Å². The van der Waals surface area contributed by atoms with Gasteiger partial charge in [0.15, 0.2) is 0 Å². The quantitative estimate of drug-likeness (QED) is 0.839. The van der Waals surface area contributed by atoms with Crippen molar-refractivity contribution in [3.63, 3.8) is 0 Å². The van der Waals surface area contributed by atoms with E-state index in [4.69, 9.17) is 18.0 Å². The van der Waals surface area contributed by atoms with Gasteiger partial charge in [0, 0.05) is 17.8 Å². The van der Waals surface area contributed by atoms with Gasteiger partial charge in [-0.2, -0.15) is 0 Å². The van der Waals surface area contributed by atoms with Gasteiger partial charge in [-0.25, -0.2) is 4.39 Å². The molecule has 0 aromatic heterocycles. The van der Waals surface area contributed by atoms with Crippen LogP contribution in [0.15, 0.2) is 42.5 Å². The Bertz CT molecular complexity index is 594. The third-order valence-corrected chi connectivity index (χ3v) is 3.14. The molecule has 2 rings (SSSR count). The number of rotatable bonds is 4. The summed E-state index contributed by atoms with van der Waals surface area (Å²) >= 11 is 4.94. The predicted octanol–water partition coefficient (Wildman–Crippen LogP) is 3.38. The molecule has 0 saturated heterocycles. The molecule has 0 aliphatic rings. The summed E-state index contributed by atoms with van der Waals surface area (Å²) in [6, 6.07) is 12.2. The fourth-order valence-electron chi connectivity index (χ4n) is 1.81. The van der Waals surface area contributed by atoms with E-state index < -0.39 is 0 Å². The molecular formula is C15H15FN2S. The Balaban J connectivity index is 2.07. The molecular weight excluding hydrogens is 259 g/mol. The van der Waals surface area contributed by atoms with E-state index in [2.05, 4.69) is 5.32 Å². The number of aryl methyl sites for hydroxylation is 1. The molecule has 4 heteroatoms. The molecule has 3 N–H and O–H groups in total. The van der Waals surface area contributed by atoms with Crippen molar-refractivity contribution >= 4 is 22.9 Å². The minimum atomic E-state index is -0.222. The van der Waals surface area contributed by atoms with E-state index in [9.17, 15) is 4.39 Å². The zero-order valence-corrected chi connectivity index (χ0v) is 11.4. The van der Waals surface area contributed by atoms with Crippen LogP contribution in [0.3, 0.4) is 0 Å². The zero-order valence-electron chi connectivity index (χ0n) is 10.6. The van der Waals surface area contributed by atoms with Gasteiger partial charge in [-0.05, 0) is 48.4 Å². The molecule has 0 heterocycles. The van der Waals surface area contributed by atoms with Crippen LogP contribution in [0.25, 0.3) is 0 Å². The molecule has 2 aromatic rings. The highest BCUT2D eigenvalue weighted by atomic mass is 32.1. The van der Waals surface area contributed by atoms with Crippen molar-refractivity contribution in [3.8, 4) is 0 Å². The molecule has 0 unspecified atom stereocenters. The number of halogens is 1. The van der Waals surface area contributed by atoms with Crippen LogP contribution in [-0.4, -0.2) is 4.99 Å². The van der Waals surface area contributed by atoms with Gasteiger partial charge < -0.3 is 11.1 Å². The van der Waals surface area contributed by atoms with Crippen molar-refractivity contribution in [2.45, 2.75) is 13.5 Å². The van der Waals surface area contributed by atoms with Crippen molar-refractivity contribution in [1.29, 1.82) is 0 Å². The molecule has 2 nitrogen and oxygen atoms in total. The molecule has 0 bridgehead atoms. The molecule has 98 valence electrons. The molecule has 0 amide bonds. The average Bonchev–Trinajstić information content (AvgIpc) is 2.39. The fourth-order valence-corrected chi connectivity index (χ4v) is 1.94. The van der Waals surface area contributed by atoms with Crippen molar-refractivity contribution in [1.82, 2.24) is 0 Å². The van der Waals surface area contributed by atoms with Gasteiger partial charge in [0.05, 0.1) is 0 Å². The Morgan fingerprint density at radius 1 is 1.21 bits per heavy atom. The summed E-state index contributed by atoms with van der Waals surface area (Å²) in [6.45, 7) is 2.64. The first-order valence-corrected chi connectivity index (χ1v) is 6.36. The van der Waals surface area contributed by atoms with Crippen LogP contribution in [0.5, 0.6) is 0 Å². The van der Waals surface area contributed by atoms with Gasteiger partial charge >= 0.3 is 0 Å². The highest BCUT2D eigenvalue weighted by Gasteiger charge is 2.02. The first-order chi connectivity index (χ1) is 9.06. The summed E-state index contributed by atoms with van der Waals surface area (Å²) in [7, 11) is 0. The lowest BCUT2D eigenvalue weighted by Crippen LogP contribution is -2.10. The Labute approximate surface area is 117 Å². The smallest absolute Gasteiger partial charge is 0.123 e. The van der Waals surface area contributed by atoms with E-state index in [-0.39, 0.29) is 5.82 Å². The number of hydrogen-bond acceptors (Lipinski definition) is 2. The number of benzene rings is 2. The molecule has 0 radical (unpaired) electrons. The third kappa shape index (κ3) is 3.51. The highest BCUT2D eigenvalue weighted by Crippen LogP contribution is 2.17. The first-order valence-electron chi connectivity index (χ1n) is 5.95. The number of anilines is 1. The molecule has 2 aromatic carbocycles. The second-order valence-corrected chi connectivity index (χ2v) is 4.81. The molecule has 19 heavy (non-hydrogen) atoms. The second kappa shape index (κ2) is 5.80. The number of nitrogens with one attached hydrogen (secondary N) is 1. The fraction of sp³-hybridized carbons (Fsp3) is 0.133. The van der Waals surface area contributed by atoms with Crippen LogP contribution in [-0.2, 0) is 6.54 Å². The van der Waals surface area contributed by atoms with Gasteiger partial charge in [-0.15, -0.1) is 0 Å². The van der Waals surface area contributed by atoms with Crippen LogP contribution < -0.4 is 11.1 Å². The standard InChI is InChI=1S/C15H15FN2S/c1-10-8-12(15(17)19)4-7-14(10)18-9-11-2-5-13(16)6-3-11/h2-8,18H,9H2,1H3,(H2,17,19). The Hall–Kier alpha value is -1.94. The largest absolute Gasteiger partial charge is 0.389 e. The van der Waals surface area contributed by atoms with Gasteiger partial charge in [0.1, 0.15) is 10.8 Å². The van der Waals surface area contributed by atoms with Gasteiger partial charge in [-0.3, -0.25) is 0 Å². The van der Waals surface area contributed by atoms with E-state index in [0.29, 0.717) is 11.5 Å². The number of nitrogens with two attached hydrogens (primary N) is 1. The first kappa shape index (κ1) is 13.5. The molecule has 0 atom stereocenters. The highest BCUT2D eigenvalue weighted by molar-refractivity contribution is 7.80. The summed E-state index contributed by atoms with van der Waals surface area (Å²) < 4.78 is 12.8. The minimum Gasteiger partial charge on any atom is -0.389 e. The van der Waals surface area contributed by atoms with E-state index >= 15 is 0 Å². The lowest BCUT2D eigenvalue weighted by molar-refractivity contribution is 0.627. The second-order valence-electron chi connectivity index (χ2n) is 4.37. The average molecular weight is 274 g/mol. The van der Waals surface area contributed by atoms with Crippen molar-refractivity contribution in [2.24, 2.45) is 5.73 Å². The predicted molar refractivity (Wildman–Crippen MR) is 80.8 cm³/mol. The topological polar surface area (TPSA) is 38.0 Å². The molecule has 0 aliphatic carbocycles. The van der Waals surface area contributed by atoms with E-state index in [1.54, 1.807) is 12.1 Å². The van der Waals surface area contributed by atoms with Crippen LogP contribution in [0, 0.1) is 12.7 Å². The van der Waals surface area contributed by atoms with Crippen molar-refractivity contribution in [2.75, 3.05) is 5.32 Å². The summed E-state index contributed by atoms with van der Waals surface area (Å²) in [6.07, 6.45) is 0. The zero-order chi connectivity index (χ0) is 13.8. The Morgan fingerprint density at radius 2 is 1.89 bits per heavy atom.